The second kappa shape index (κ2) is 8.08. The predicted octanol–water partition coefficient (Wildman–Crippen LogP) is 4.38. The van der Waals surface area contributed by atoms with Crippen molar-refractivity contribution in [3.8, 4) is 0 Å². The molecular formula is C16H22BrNOS. The minimum absolute atomic E-state index is 0.182. The summed E-state index contributed by atoms with van der Waals surface area (Å²) in [7, 11) is 0. The van der Waals surface area contributed by atoms with E-state index in [4.69, 9.17) is 0 Å². The zero-order chi connectivity index (χ0) is 14.4. The standard InChI is InChI=1S/C16H22BrNOS/c1-12-6-8-14(9-7-12)18-16(19)11-20-10-13-4-2-3-5-15(13)17/h2-5,12,14H,6-11H2,1H3,(H,18,19). The topological polar surface area (TPSA) is 29.1 Å². The number of nitrogens with one attached hydrogen (secondary N) is 1. The van der Waals surface area contributed by atoms with E-state index in [0.717, 1.165) is 29.0 Å². The van der Waals surface area contributed by atoms with Gasteiger partial charge < -0.3 is 5.32 Å². The molecule has 0 bridgehead atoms. The van der Waals surface area contributed by atoms with Crippen LogP contribution in [-0.4, -0.2) is 17.7 Å². The fourth-order valence-corrected chi connectivity index (χ4v) is 4.00. The summed E-state index contributed by atoms with van der Waals surface area (Å²) in [4.78, 5) is 11.9. The van der Waals surface area contributed by atoms with Crippen LogP contribution in [0.2, 0.25) is 0 Å². The van der Waals surface area contributed by atoms with E-state index >= 15 is 0 Å². The summed E-state index contributed by atoms with van der Waals surface area (Å²) >= 11 is 5.21. The molecule has 0 atom stereocenters. The van der Waals surface area contributed by atoms with Gasteiger partial charge in [-0.25, -0.2) is 0 Å². The van der Waals surface area contributed by atoms with Crippen LogP contribution in [0.25, 0.3) is 0 Å². The number of benzene rings is 1. The van der Waals surface area contributed by atoms with Crippen molar-refractivity contribution in [2.75, 3.05) is 5.75 Å². The van der Waals surface area contributed by atoms with E-state index in [-0.39, 0.29) is 5.91 Å². The van der Waals surface area contributed by atoms with Crippen LogP contribution in [0.4, 0.5) is 0 Å². The summed E-state index contributed by atoms with van der Waals surface area (Å²) in [6.45, 7) is 2.30. The van der Waals surface area contributed by atoms with Gasteiger partial charge in [0.05, 0.1) is 5.75 Å². The first-order chi connectivity index (χ1) is 9.65. The van der Waals surface area contributed by atoms with Crippen molar-refractivity contribution in [3.05, 3.63) is 34.3 Å². The normalized spacial score (nSPS) is 22.5. The lowest BCUT2D eigenvalue weighted by molar-refractivity contribution is -0.119. The van der Waals surface area contributed by atoms with Crippen molar-refractivity contribution in [3.63, 3.8) is 0 Å². The molecule has 1 aliphatic rings. The molecule has 2 nitrogen and oxygen atoms in total. The molecule has 0 saturated heterocycles. The number of hydrogen-bond donors (Lipinski definition) is 1. The summed E-state index contributed by atoms with van der Waals surface area (Å²) in [6.07, 6.45) is 4.77. The van der Waals surface area contributed by atoms with Crippen molar-refractivity contribution < 1.29 is 4.79 Å². The lowest BCUT2D eigenvalue weighted by Crippen LogP contribution is -2.38. The van der Waals surface area contributed by atoms with E-state index in [1.54, 1.807) is 11.8 Å². The van der Waals surface area contributed by atoms with Crippen LogP contribution in [0.15, 0.2) is 28.7 Å². The molecule has 1 N–H and O–H groups in total. The van der Waals surface area contributed by atoms with E-state index in [0.29, 0.717) is 11.8 Å². The molecule has 1 fully saturated rings. The molecule has 0 unspecified atom stereocenters. The fourth-order valence-electron chi connectivity index (χ4n) is 2.54. The molecule has 2 rings (SSSR count). The van der Waals surface area contributed by atoms with Gasteiger partial charge in [0.1, 0.15) is 0 Å². The minimum Gasteiger partial charge on any atom is -0.353 e. The predicted molar refractivity (Wildman–Crippen MR) is 89.9 cm³/mol. The summed E-state index contributed by atoms with van der Waals surface area (Å²) in [6, 6.07) is 8.58. The highest BCUT2D eigenvalue weighted by molar-refractivity contribution is 9.10. The Kier molecular flexibility index (Phi) is 6.43. The first-order valence-corrected chi connectivity index (χ1v) is 9.20. The molecule has 0 spiro atoms. The molecule has 0 aliphatic heterocycles. The molecule has 0 aromatic heterocycles. The Hall–Kier alpha value is -0.480. The lowest BCUT2D eigenvalue weighted by Gasteiger charge is -2.26. The van der Waals surface area contributed by atoms with Crippen LogP contribution in [0.3, 0.4) is 0 Å². The average molecular weight is 356 g/mol. The number of amides is 1. The Morgan fingerprint density at radius 3 is 2.70 bits per heavy atom. The van der Waals surface area contributed by atoms with Crippen molar-refractivity contribution >= 4 is 33.6 Å². The third-order valence-electron chi connectivity index (χ3n) is 3.83. The zero-order valence-electron chi connectivity index (χ0n) is 11.9. The molecular weight excluding hydrogens is 334 g/mol. The Labute approximate surface area is 134 Å². The van der Waals surface area contributed by atoms with Gasteiger partial charge in [0.25, 0.3) is 0 Å². The van der Waals surface area contributed by atoms with Gasteiger partial charge >= 0.3 is 0 Å². The summed E-state index contributed by atoms with van der Waals surface area (Å²) in [5.41, 5.74) is 1.25. The molecule has 110 valence electrons. The van der Waals surface area contributed by atoms with Crippen LogP contribution in [0.5, 0.6) is 0 Å². The molecule has 20 heavy (non-hydrogen) atoms. The van der Waals surface area contributed by atoms with Crippen molar-refractivity contribution in [1.29, 1.82) is 0 Å². The van der Waals surface area contributed by atoms with Crippen LogP contribution < -0.4 is 5.32 Å². The molecule has 1 aliphatic carbocycles. The third kappa shape index (κ3) is 5.13. The third-order valence-corrected chi connectivity index (χ3v) is 5.58. The summed E-state index contributed by atoms with van der Waals surface area (Å²) in [5, 5.41) is 3.17. The average Bonchev–Trinajstić information content (AvgIpc) is 2.43. The van der Waals surface area contributed by atoms with Crippen molar-refractivity contribution in [2.45, 2.75) is 44.4 Å². The summed E-state index contributed by atoms with van der Waals surface area (Å²) < 4.78 is 1.12. The second-order valence-corrected chi connectivity index (χ2v) is 7.45. The van der Waals surface area contributed by atoms with Crippen LogP contribution in [0.1, 0.15) is 38.2 Å². The smallest absolute Gasteiger partial charge is 0.230 e. The zero-order valence-corrected chi connectivity index (χ0v) is 14.3. The van der Waals surface area contributed by atoms with Gasteiger partial charge in [0.2, 0.25) is 5.91 Å². The highest BCUT2D eigenvalue weighted by Gasteiger charge is 2.19. The van der Waals surface area contributed by atoms with Gasteiger partial charge in [-0.15, -0.1) is 11.8 Å². The maximum atomic E-state index is 11.9. The van der Waals surface area contributed by atoms with Crippen molar-refractivity contribution in [2.24, 2.45) is 5.92 Å². The number of thioether (sulfide) groups is 1. The molecule has 4 heteroatoms. The van der Waals surface area contributed by atoms with E-state index in [1.807, 2.05) is 18.2 Å². The first-order valence-electron chi connectivity index (χ1n) is 7.25. The first kappa shape index (κ1) is 15.9. The Morgan fingerprint density at radius 1 is 1.30 bits per heavy atom. The van der Waals surface area contributed by atoms with Gasteiger partial charge in [-0.3, -0.25) is 4.79 Å². The fraction of sp³-hybridized carbons (Fsp3) is 0.562. The SMILES string of the molecule is CC1CCC(NC(=O)CSCc2ccccc2Br)CC1. The monoisotopic (exact) mass is 355 g/mol. The van der Waals surface area contributed by atoms with Gasteiger partial charge in [0.15, 0.2) is 0 Å². The molecule has 1 saturated carbocycles. The van der Waals surface area contributed by atoms with Gasteiger partial charge in [-0.05, 0) is 43.2 Å². The quantitative estimate of drug-likeness (QED) is 0.848. The Balaban J connectivity index is 1.67. The Morgan fingerprint density at radius 2 is 2.00 bits per heavy atom. The number of halogens is 1. The van der Waals surface area contributed by atoms with Gasteiger partial charge in [-0.2, -0.15) is 0 Å². The highest BCUT2D eigenvalue weighted by atomic mass is 79.9. The van der Waals surface area contributed by atoms with E-state index < -0.39 is 0 Å². The number of hydrogen-bond acceptors (Lipinski definition) is 2. The maximum absolute atomic E-state index is 11.9. The molecule has 0 heterocycles. The maximum Gasteiger partial charge on any atom is 0.230 e. The lowest BCUT2D eigenvalue weighted by atomic mass is 9.87. The summed E-state index contributed by atoms with van der Waals surface area (Å²) in [5.74, 6) is 2.43. The molecule has 1 amide bonds. The number of carbonyl (C=O) groups excluding carboxylic acids is 1. The molecule has 1 aromatic rings. The van der Waals surface area contributed by atoms with Gasteiger partial charge in [0, 0.05) is 16.3 Å². The molecule has 0 radical (unpaired) electrons. The Bertz CT molecular complexity index is 444. The van der Waals surface area contributed by atoms with E-state index in [2.05, 4.69) is 34.2 Å². The highest BCUT2D eigenvalue weighted by Crippen LogP contribution is 2.24. The van der Waals surface area contributed by atoms with Gasteiger partial charge in [-0.1, -0.05) is 41.1 Å². The van der Waals surface area contributed by atoms with E-state index in [1.165, 1.54) is 18.4 Å². The molecule has 1 aromatic carbocycles. The van der Waals surface area contributed by atoms with Crippen molar-refractivity contribution in [1.82, 2.24) is 5.32 Å². The largest absolute Gasteiger partial charge is 0.353 e. The van der Waals surface area contributed by atoms with E-state index in [9.17, 15) is 4.79 Å². The second-order valence-electron chi connectivity index (χ2n) is 5.61. The number of rotatable bonds is 5. The van der Waals surface area contributed by atoms with Crippen LogP contribution in [0, 0.1) is 5.92 Å². The minimum atomic E-state index is 0.182. The van der Waals surface area contributed by atoms with Crippen LogP contribution in [-0.2, 0) is 10.5 Å². The van der Waals surface area contributed by atoms with Crippen LogP contribution >= 0.6 is 27.7 Å². The number of carbonyl (C=O) groups is 1.